The Kier molecular flexibility index (Phi) is 7.01. The molecular weight excluding hydrogens is 386 g/mol. The standard InChI is InChI=1S/C16H18BrN3O3.C2H6/c1-2-23-16(21)13-8-19-20(11-5-6-22-9-11)15(13)12-4-3-10(17)7-14(12)18;1-2/h3-4,7-8,11H,2,5-6,9,18H2,1H3;1-2H3/t11-;/m0./s1. The lowest BCUT2D eigenvalue weighted by atomic mass is 10.0. The van der Waals surface area contributed by atoms with Crippen molar-refractivity contribution in [3.63, 3.8) is 0 Å². The van der Waals surface area contributed by atoms with Gasteiger partial charge >= 0.3 is 5.97 Å². The summed E-state index contributed by atoms with van der Waals surface area (Å²) in [6.45, 7) is 7.36. The number of anilines is 1. The minimum absolute atomic E-state index is 0.0937. The molecule has 3 rings (SSSR count). The van der Waals surface area contributed by atoms with E-state index in [4.69, 9.17) is 15.2 Å². The maximum atomic E-state index is 12.3. The van der Waals surface area contributed by atoms with Crippen LogP contribution in [0.2, 0.25) is 0 Å². The van der Waals surface area contributed by atoms with Gasteiger partial charge in [-0.2, -0.15) is 5.10 Å². The first-order valence-electron chi connectivity index (χ1n) is 8.49. The number of rotatable bonds is 4. The smallest absolute Gasteiger partial charge is 0.341 e. The van der Waals surface area contributed by atoms with Gasteiger partial charge in [-0.15, -0.1) is 0 Å². The van der Waals surface area contributed by atoms with Crippen molar-refractivity contribution < 1.29 is 14.3 Å². The number of aromatic nitrogens is 2. The number of nitrogens with two attached hydrogens (primary N) is 1. The third-order valence-electron chi connectivity index (χ3n) is 3.81. The highest BCUT2D eigenvalue weighted by atomic mass is 79.9. The summed E-state index contributed by atoms with van der Waals surface area (Å²) in [7, 11) is 0. The molecule has 0 saturated carbocycles. The molecule has 0 unspecified atom stereocenters. The predicted molar refractivity (Wildman–Crippen MR) is 102 cm³/mol. The second-order valence-electron chi connectivity index (χ2n) is 5.32. The van der Waals surface area contributed by atoms with Crippen LogP contribution in [0.5, 0.6) is 0 Å². The number of hydrogen-bond acceptors (Lipinski definition) is 5. The number of esters is 1. The number of carbonyl (C=O) groups excluding carboxylic acids is 1. The minimum Gasteiger partial charge on any atom is -0.462 e. The number of halogens is 1. The van der Waals surface area contributed by atoms with Crippen LogP contribution in [0.15, 0.2) is 28.9 Å². The van der Waals surface area contributed by atoms with Crippen LogP contribution in [-0.2, 0) is 9.47 Å². The number of benzene rings is 1. The summed E-state index contributed by atoms with van der Waals surface area (Å²) < 4.78 is 13.3. The third-order valence-corrected chi connectivity index (χ3v) is 4.30. The average Bonchev–Trinajstić information content (AvgIpc) is 3.26. The third kappa shape index (κ3) is 4.22. The van der Waals surface area contributed by atoms with Crippen LogP contribution < -0.4 is 5.73 Å². The van der Waals surface area contributed by atoms with E-state index in [1.54, 1.807) is 13.1 Å². The maximum Gasteiger partial charge on any atom is 0.341 e. The van der Waals surface area contributed by atoms with E-state index in [2.05, 4.69) is 21.0 Å². The molecule has 25 heavy (non-hydrogen) atoms. The highest BCUT2D eigenvalue weighted by Crippen LogP contribution is 2.34. The second-order valence-corrected chi connectivity index (χ2v) is 6.24. The summed E-state index contributed by atoms with van der Waals surface area (Å²) in [5, 5.41) is 4.41. The van der Waals surface area contributed by atoms with Gasteiger partial charge in [0.2, 0.25) is 0 Å². The van der Waals surface area contributed by atoms with Crippen LogP contribution in [0.25, 0.3) is 11.3 Å². The molecule has 1 aromatic heterocycles. The Balaban J connectivity index is 0.00000109. The summed E-state index contributed by atoms with van der Waals surface area (Å²) in [5.41, 5.74) is 8.62. The lowest BCUT2D eigenvalue weighted by Gasteiger charge is -2.16. The van der Waals surface area contributed by atoms with Gasteiger partial charge < -0.3 is 15.2 Å². The van der Waals surface area contributed by atoms with E-state index in [1.165, 1.54) is 0 Å². The van der Waals surface area contributed by atoms with Gasteiger partial charge in [0.15, 0.2) is 0 Å². The Hall–Kier alpha value is -1.86. The largest absolute Gasteiger partial charge is 0.462 e. The first-order valence-corrected chi connectivity index (χ1v) is 9.29. The molecule has 7 heteroatoms. The topological polar surface area (TPSA) is 79.4 Å². The van der Waals surface area contributed by atoms with Crippen molar-refractivity contribution in [1.82, 2.24) is 9.78 Å². The highest BCUT2D eigenvalue weighted by molar-refractivity contribution is 9.10. The fourth-order valence-corrected chi connectivity index (χ4v) is 3.11. The molecule has 0 amide bonds. The quantitative estimate of drug-likeness (QED) is 0.608. The fourth-order valence-electron chi connectivity index (χ4n) is 2.73. The van der Waals surface area contributed by atoms with Gasteiger partial charge in [0.25, 0.3) is 0 Å². The summed E-state index contributed by atoms with van der Waals surface area (Å²) in [6.07, 6.45) is 2.40. The Labute approximate surface area is 156 Å². The molecule has 1 atom stereocenters. The highest BCUT2D eigenvalue weighted by Gasteiger charge is 2.27. The van der Waals surface area contributed by atoms with E-state index in [1.807, 2.05) is 36.7 Å². The van der Waals surface area contributed by atoms with E-state index in [0.717, 1.165) is 16.5 Å². The number of nitrogens with zero attached hydrogens (tertiary/aromatic N) is 2. The minimum atomic E-state index is -0.394. The van der Waals surface area contributed by atoms with Gasteiger partial charge in [-0.25, -0.2) is 4.79 Å². The van der Waals surface area contributed by atoms with E-state index in [9.17, 15) is 4.79 Å². The molecular formula is C18H24BrN3O3. The first-order chi connectivity index (χ1) is 12.1. The predicted octanol–water partition coefficient (Wildman–Crippen LogP) is 4.06. The van der Waals surface area contributed by atoms with Gasteiger partial charge in [-0.05, 0) is 31.5 Å². The molecule has 0 aliphatic carbocycles. The molecule has 1 aromatic carbocycles. The van der Waals surface area contributed by atoms with Crippen molar-refractivity contribution in [2.45, 2.75) is 33.2 Å². The van der Waals surface area contributed by atoms with Crippen LogP contribution in [0.1, 0.15) is 43.6 Å². The van der Waals surface area contributed by atoms with Gasteiger partial charge in [-0.3, -0.25) is 4.68 Å². The zero-order chi connectivity index (χ0) is 18.4. The summed E-state index contributed by atoms with van der Waals surface area (Å²) in [5.74, 6) is -0.394. The number of hydrogen-bond donors (Lipinski definition) is 1. The molecule has 0 radical (unpaired) electrons. The van der Waals surface area contributed by atoms with Gasteiger partial charge in [-0.1, -0.05) is 29.8 Å². The zero-order valence-corrected chi connectivity index (χ0v) is 16.4. The molecule has 136 valence electrons. The Morgan fingerprint density at radius 3 is 2.84 bits per heavy atom. The van der Waals surface area contributed by atoms with Crippen LogP contribution >= 0.6 is 15.9 Å². The van der Waals surface area contributed by atoms with Crippen LogP contribution in [0.4, 0.5) is 5.69 Å². The van der Waals surface area contributed by atoms with E-state index in [0.29, 0.717) is 36.8 Å². The SMILES string of the molecule is CC.CCOC(=O)c1cnn([C@H]2CCOC2)c1-c1ccc(Br)cc1N. The molecule has 1 fully saturated rings. The summed E-state index contributed by atoms with van der Waals surface area (Å²) >= 11 is 3.40. The number of nitrogen functional groups attached to an aromatic ring is 1. The molecule has 1 saturated heterocycles. The Morgan fingerprint density at radius 2 is 2.24 bits per heavy atom. The first kappa shape index (κ1) is 19.5. The molecule has 0 bridgehead atoms. The number of carbonyl (C=O) groups is 1. The Morgan fingerprint density at radius 1 is 1.48 bits per heavy atom. The van der Waals surface area contributed by atoms with Crippen molar-refractivity contribution in [3.05, 3.63) is 34.4 Å². The second kappa shape index (κ2) is 9.01. The molecule has 6 nitrogen and oxygen atoms in total. The monoisotopic (exact) mass is 409 g/mol. The molecule has 1 aliphatic heterocycles. The lowest BCUT2D eigenvalue weighted by Crippen LogP contribution is -2.14. The van der Waals surface area contributed by atoms with Crippen molar-refractivity contribution in [1.29, 1.82) is 0 Å². The molecule has 0 spiro atoms. The molecule has 2 heterocycles. The average molecular weight is 410 g/mol. The summed E-state index contributed by atoms with van der Waals surface area (Å²) in [4.78, 5) is 12.3. The van der Waals surface area contributed by atoms with E-state index in [-0.39, 0.29) is 6.04 Å². The van der Waals surface area contributed by atoms with Crippen LogP contribution in [0.3, 0.4) is 0 Å². The summed E-state index contributed by atoms with van der Waals surface area (Å²) in [6, 6.07) is 5.68. The fraction of sp³-hybridized carbons (Fsp3) is 0.444. The molecule has 2 N–H and O–H groups in total. The normalized spacial score (nSPS) is 16.2. The van der Waals surface area contributed by atoms with E-state index >= 15 is 0 Å². The molecule has 2 aromatic rings. The van der Waals surface area contributed by atoms with Gasteiger partial charge in [0.1, 0.15) is 5.56 Å². The van der Waals surface area contributed by atoms with Crippen molar-refractivity contribution >= 4 is 27.6 Å². The van der Waals surface area contributed by atoms with Crippen molar-refractivity contribution in [3.8, 4) is 11.3 Å². The maximum absolute atomic E-state index is 12.3. The van der Waals surface area contributed by atoms with Crippen molar-refractivity contribution in [2.24, 2.45) is 0 Å². The number of ether oxygens (including phenoxy) is 2. The van der Waals surface area contributed by atoms with E-state index < -0.39 is 5.97 Å². The van der Waals surface area contributed by atoms with Crippen LogP contribution in [0, 0.1) is 0 Å². The molecule has 1 aliphatic rings. The van der Waals surface area contributed by atoms with Crippen LogP contribution in [-0.4, -0.2) is 35.6 Å². The van der Waals surface area contributed by atoms with Crippen molar-refractivity contribution in [2.75, 3.05) is 25.6 Å². The Bertz CT molecular complexity index is 724. The zero-order valence-electron chi connectivity index (χ0n) is 14.8. The van der Waals surface area contributed by atoms with Gasteiger partial charge in [0.05, 0.1) is 31.1 Å². The van der Waals surface area contributed by atoms with Gasteiger partial charge in [0, 0.05) is 22.3 Å². The lowest BCUT2D eigenvalue weighted by molar-refractivity contribution is 0.0527.